The Morgan fingerprint density at radius 2 is 1.47 bits per heavy atom. The quantitative estimate of drug-likeness (QED) is 0.162. The van der Waals surface area contributed by atoms with Gasteiger partial charge in [-0.1, -0.05) is 109 Å². The third-order valence-electron chi connectivity index (χ3n) is 10.2. The monoisotopic (exact) mass is 646 g/mol. The molecule has 0 unspecified atom stereocenters. The molecule has 1 saturated heterocycles. The second-order valence-corrected chi connectivity index (χ2v) is 12.6. The Hall–Kier alpha value is -6.15. The van der Waals surface area contributed by atoms with E-state index < -0.39 is 35.5 Å². The van der Waals surface area contributed by atoms with Crippen molar-refractivity contribution in [1.82, 2.24) is 0 Å². The van der Waals surface area contributed by atoms with Crippen LogP contribution in [-0.2, 0) is 19.7 Å². The molecule has 8 nitrogen and oxygen atoms in total. The maximum absolute atomic E-state index is 15.2. The highest BCUT2D eigenvalue weighted by Gasteiger charge is 2.71. The van der Waals surface area contributed by atoms with Crippen LogP contribution in [0.3, 0.4) is 0 Å². The molecule has 0 aromatic heterocycles. The van der Waals surface area contributed by atoms with E-state index in [0.29, 0.717) is 28.3 Å². The van der Waals surface area contributed by atoms with Crippen LogP contribution in [0, 0.1) is 5.92 Å². The number of nitrogens with one attached hydrogen (secondary N) is 1. The molecule has 4 heterocycles. The number of Topliss-reactive ketones (excluding diaryl/α,β-unsaturated/α-hetero) is 1. The van der Waals surface area contributed by atoms with Crippen molar-refractivity contribution in [3.05, 3.63) is 161 Å². The number of ether oxygens (including phenoxy) is 3. The van der Waals surface area contributed by atoms with Gasteiger partial charge in [-0.3, -0.25) is 9.59 Å². The lowest BCUT2D eigenvalue weighted by atomic mass is 9.64. The van der Waals surface area contributed by atoms with E-state index in [4.69, 9.17) is 14.2 Å². The molecule has 1 N–H and O–H groups in total. The van der Waals surface area contributed by atoms with Crippen molar-refractivity contribution >= 4 is 35.1 Å². The summed E-state index contributed by atoms with van der Waals surface area (Å²) in [6, 6.07) is 37.4. The Bertz CT molecular complexity index is 2130. The van der Waals surface area contributed by atoms with Gasteiger partial charge in [0.1, 0.15) is 11.5 Å². The Morgan fingerprint density at radius 3 is 2.24 bits per heavy atom. The van der Waals surface area contributed by atoms with E-state index in [9.17, 15) is 4.79 Å². The molecule has 1 fully saturated rings. The minimum absolute atomic E-state index is 0.0445. The van der Waals surface area contributed by atoms with E-state index in [1.165, 1.54) is 0 Å². The first-order chi connectivity index (χ1) is 24.1. The number of para-hydroxylation sites is 2. The lowest BCUT2D eigenvalue weighted by Crippen LogP contribution is -2.51. The van der Waals surface area contributed by atoms with Gasteiger partial charge in [-0.15, -0.1) is 0 Å². The SMILES string of the molecule is O=C(OC(c1ccccc1)c1ccccc1)[C@@H]1[C@@H](C(=O)c2ccc3c(c2)OCO3)[C@]2(C(=O)Nc3ccccc32)[C@H]2C=Cc3ccccc3N12. The van der Waals surface area contributed by atoms with Crippen LogP contribution in [0.1, 0.15) is 38.7 Å². The van der Waals surface area contributed by atoms with Gasteiger partial charge in [-0.05, 0) is 52.6 Å². The molecule has 49 heavy (non-hydrogen) atoms. The van der Waals surface area contributed by atoms with E-state index in [-0.39, 0.29) is 18.5 Å². The van der Waals surface area contributed by atoms with Crippen molar-refractivity contribution in [2.75, 3.05) is 17.0 Å². The van der Waals surface area contributed by atoms with Gasteiger partial charge in [0.2, 0.25) is 12.7 Å². The van der Waals surface area contributed by atoms with Crippen molar-refractivity contribution in [2.24, 2.45) is 5.92 Å². The molecule has 1 amide bonds. The minimum atomic E-state index is -1.47. The normalized spacial score (nSPS) is 22.4. The summed E-state index contributed by atoms with van der Waals surface area (Å²) in [7, 11) is 0. The molecule has 0 radical (unpaired) electrons. The molecule has 240 valence electrons. The van der Waals surface area contributed by atoms with Crippen LogP contribution in [0.5, 0.6) is 11.5 Å². The molecule has 0 bridgehead atoms. The first-order valence-electron chi connectivity index (χ1n) is 16.3. The Morgan fingerprint density at radius 1 is 0.796 bits per heavy atom. The second-order valence-electron chi connectivity index (χ2n) is 12.6. The minimum Gasteiger partial charge on any atom is -0.454 e. The number of nitrogens with zero attached hydrogens (tertiary/aromatic N) is 1. The third kappa shape index (κ3) is 4.33. The molecule has 4 aliphatic rings. The number of amides is 1. The summed E-state index contributed by atoms with van der Waals surface area (Å²) in [4.78, 5) is 47.0. The molecule has 1 spiro atoms. The largest absolute Gasteiger partial charge is 0.454 e. The van der Waals surface area contributed by atoms with Crippen molar-refractivity contribution in [2.45, 2.75) is 23.6 Å². The van der Waals surface area contributed by atoms with Gasteiger partial charge in [0.05, 0.1) is 12.0 Å². The number of rotatable bonds is 6. The second kappa shape index (κ2) is 11.2. The van der Waals surface area contributed by atoms with Gasteiger partial charge >= 0.3 is 5.97 Å². The summed E-state index contributed by atoms with van der Waals surface area (Å²) in [6.07, 6.45) is 3.16. The zero-order valence-electron chi connectivity index (χ0n) is 26.2. The number of ketones is 1. The van der Waals surface area contributed by atoms with E-state index in [1.54, 1.807) is 18.2 Å². The van der Waals surface area contributed by atoms with E-state index in [0.717, 1.165) is 22.4 Å². The summed E-state index contributed by atoms with van der Waals surface area (Å²) in [5, 5.41) is 3.07. The fourth-order valence-electron chi connectivity index (χ4n) is 8.09. The lowest BCUT2D eigenvalue weighted by Gasteiger charge is -2.37. The highest BCUT2D eigenvalue weighted by Crippen LogP contribution is 2.58. The predicted molar refractivity (Wildman–Crippen MR) is 183 cm³/mol. The van der Waals surface area contributed by atoms with Gasteiger partial charge < -0.3 is 24.4 Å². The van der Waals surface area contributed by atoms with Gasteiger partial charge in [-0.2, -0.15) is 0 Å². The van der Waals surface area contributed by atoms with Crippen molar-refractivity contribution in [3.8, 4) is 11.5 Å². The summed E-state index contributed by atoms with van der Waals surface area (Å²) in [5.74, 6) is -1.55. The van der Waals surface area contributed by atoms with E-state index in [1.807, 2.05) is 126 Å². The number of anilines is 2. The fraction of sp³-hybridized carbons (Fsp3) is 0.146. The van der Waals surface area contributed by atoms with Crippen molar-refractivity contribution < 1.29 is 28.6 Å². The van der Waals surface area contributed by atoms with E-state index in [2.05, 4.69) is 5.32 Å². The topological polar surface area (TPSA) is 94.2 Å². The fourth-order valence-corrected chi connectivity index (χ4v) is 8.09. The first-order valence-corrected chi connectivity index (χ1v) is 16.3. The lowest BCUT2D eigenvalue weighted by molar-refractivity contribution is -0.150. The third-order valence-corrected chi connectivity index (χ3v) is 10.2. The van der Waals surface area contributed by atoms with E-state index >= 15 is 9.59 Å². The number of hydrogen-bond donors (Lipinski definition) is 1. The maximum Gasteiger partial charge on any atom is 0.330 e. The number of esters is 1. The summed E-state index contributed by atoms with van der Waals surface area (Å²) in [6.45, 7) is 0.0445. The van der Waals surface area contributed by atoms with Crippen LogP contribution in [0.25, 0.3) is 6.08 Å². The Labute approximate surface area is 282 Å². The molecule has 9 rings (SSSR count). The van der Waals surface area contributed by atoms with Gasteiger partial charge in [0, 0.05) is 16.9 Å². The summed E-state index contributed by atoms with van der Waals surface area (Å²) >= 11 is 0. The molecule has 0 saturated carbocycles. The Balaban J connectivity index is 1.26. The average Bonchev–Trinajstić information content (AvgIpc) is 3.84. The van der Waals surface area contributed by atoms with Crippen LogP contribution in [0.15, 0.2) is 133 Å². The highest BCUT2D eigenvalue weighted by atomic mass is 16.7. The van der Waals surface area contributed by atoms with Crippen LogP contribution in [0.4, 0.5) is 11.4 Å². The first kappa shape index (κ1) is 29.0. The summed E-state index contributed by atoms with van der Waals surface area (Å²) in [5.41, 5.74) is 3.30. The number of carbonyl (C=O) groups excluding carboxylic acids is 3. The van der Waals surface area contributed by atoms with Crippen LogP contribution in [0.2, 0.25) is 0 Å². The van der Waals surface area contributed by atoms with Crippen LogP contribution >= 0.6 is 0 Å². The average molecular weight is 647 g/mol. The standard InChI is InChI=1S/C41H30N2O6/c44-37(28-19-21-32-33(23-28)48-24-47-32)35-36(39(45)49-38(26-12-3-1-4-13-26)27-14-5-2-6-15-27)43-31-18-10-7-11-25(31)20-22-34(43)41(35)29-16-8-9-17-30(29)42-40(41)46/h1-23,34-36,38H,24H2,(H,42,46)/t34-,35+,36+,41-/m1/s1. The molecule has 4 atom stereocenters. The number of carbonyl (C=O) groups is 3. The van der Waals surface area contributed by atoms with Gasteiger partial charge in [0.25, 0.3) is 0 Å². The smallest absolute Gasteiger partial charge is 0.330 e. The van der Waals surface area contributed by atoms with Crippen LogP contribution in [-0.4, -0.2) is 36.5 Å². The van der Waals surface area contributed by atoms with Crippen molar-refractivity contribution in [3.63, 3.8) is 0 Å². The molecule has 4 aliphatic heterocycles. The molecule has 5 aromatic carbocycles. The Kier molecular flexibility index (Phi) is 6.65. The molecule has 8 heteroatoms. The van der Waals surface area contributed by atoms with Crippen molar-refractivity contribution in [1.29, 1.82) is 0 Å². The van der Waals surface area contributed by atoms with Crippen LogP contribution < -0.4 is 19.7 Å². The molecule has 5 aromatic rings. The number of hydrogen-bond acceptors (Lipinski definition) is 7. The van der Waals surface area contributed by atoms with Gasteiger partial charge in [-0.25, -0.2) is 4.79 Å². The number of benzene rings is 5. The zero-order valence-corrected chi connectivity index (χ0v) is 26.2. The highest BCUT2D eigenvalue weighted by molar-refractivity contribution is 6.16. The van der Waals surface area contributed by atoms with Gasteiger partial charge in [0.15, 0.2) is 23.4 Å². The molecular formula is C41H30N2O6. The maximum atomic E-state index is 15.2. The zero-order chi connectivity index (χ0) is 33.1. The predicted octanol–water partition coefficient (Wildman–Crippen LogP) is 6.72. The molecule has 0 aliphatic carbocycles. The summed E-state index contributed by atoms with van der Waals surface area (Å²) < 4.78 is 17.7. The molecular weight excluding hydrogens is 616 g/mol. The number of fused-ring (bicyclic) bond motifs is 7.